The summed E-state index contributed by atoms with van der Waals surface area (Å²) < 4.78 is 39.8. The molecule has 2 aromatic rings. The fourth-order valence-electron chi connectivity index (χ4n) is 3.60. The van der Waals surface area contributed by atoms with Crippen LogP contribution in [-0.4, -0.2) is 31.7 Å². The van der Waals surface area contributed by atoms with Crippen LogP contribution in [0.4, 0.5) is 4.39 Å². The molecule has 1 amide bonds. The van der Waals surface area contributed by atoms with Gasteiger partial charge in [0.2, 0.25) is 15.9 Å². The van der Waals surface area contributed by atoms with Crippen molar-refractivity contribution in [1.29, 1.82) is 0 Å². The second kappa shape index (κ2) is 8.41. The fourth-order valence-corrected chi connectivity index (χ4v) is 5.07. The van der Waals surface area contributed by atoms with Gasteiger partial charge in [-0.25, -0.2) is 12.8 Å². The summed E-state index contributed by atoms with van der Waals surface area (Å²) in [7, 11) is -3.66. The molecule has 1 heterocycles. The Morgan fingerprint density at radius 2 is 1.71 bits per heavy atom. The highest BCUT2D eigenvalue weighted by Crippen LogP contribution is 2.25. The molecule has 5 nitrogen and oxygen atoms in total. The zero-order valence-electron chi connectivity index (χ0n) is 16.1. The number of aryl methyl sites for hydroxylation is 1. The number of carbonyl (C=O) groups is 1. The molecule has 7 heteroatoms. The lowest BCUT2D eigenvalue weighted by Crippen LogP contribution is -2.43. The molecular formula is C21H25FN2O3S. The van der Waals surface area contributed by atoms with E-state index in [-0.39, 0.29) is 35.9 Å². The number of halogens is 1. The van der Waals surface area contributed by atoms with E-state index < -0.39 is 15.8 Å². The molecule has 1 aliphatic rings. The van der Waals surface area contributed by atoms with E-state index >= 15 is 0 Å². The highest BCUT2D eigenvalue weighted by molar-refractivity contribution is 7.89. The van der Waals surface area contributed by atoms with Crippen LogP contribution < -0.4 is 5.32 Å². The molecule has 2 aromatic carbocycles. The van der Waals surface area contributed by atoms with Gasteiger partial charge in [0.05, 0.1) is 10.9 Å². The summed E-state index contributed by atoms with van der Waals surface area (Å²) in [5, 5.41) is 3.05. The number of rotatable bonds is 5. The van der Waals surface area contributed by atoms with Crippen molar-refractivity contribution in [2.24, 2.45) is 5.92 Å². The van der Waals surface area contributed by atoms with Gasteiger partial charge < -0.3 is 5.32 Å². The average Bonchev–Trinajstić information content (AvgIpc) is 2.68. The maximum absolute atomic E-state index is 13.1. The van der Waals surface area contributed by atoms with E-state index in [4.69, 9.17) is 0 Å². The zero-order valence-corrected chi connectivity index (χ0v) is 16.9. The van der Waals surface area contributed by atoms with Crippen molar-refractivity contribution < 1.29 is 17.6 Å². The molecule has 0 radical (unpaired) electrons. The summed E-state index contributed by atoms with van der Waals surface area (Å²) in [4.78, 5) is 12.7. The van der Waals surface area contributed by atoms with Crippen molar-refractivity contribution in [3.05, 3.63) is 65.5 Å². The number of hydrogen-bond donors (Lipinski definition) is 1. The third kappa shape index (κ3) is 4.42. The van der Waals surface area contributed by atoms with Gasteiger partial charge in [0.1, 0.15) is 5.82 Å². The first-order valence-electron chi connectivity index (χ1n) is 9.40. The Morgan fingerprint density at radius 3 is 2.32 bits per heavy atom. The smallest absolute Gasteiger partial charge is 0.243 e. The molecule has 3 rings (SSSR count). The van der Waals surface area contributed by atoms with E-state index in [0.29, 0.717) is 12.8 Å². The Balaban J connectivity index is 1.59. The lowest BCUT2D eigenvalue weighted by molar-refractivity contribution is -0.126. The quantitative estimate of drug-likeness (QED) is 0.830. The number of piperidine rings is 1. The molecule has 0 bridgehead atoms. The van der Waals surface area contributed by atoms with E-state index in [1.54, 1.807) is 0 Å². The predicted molar refractivity (Wildman–Crippen MR) is 106 cm³/mol. The van der Waals surface area contributed by atoms with Crippen molar-refractivity contribution in [1.82, 2.24) is 9.62 Å². The predicted octanol–water partition coefficient (Wildman–Crippen LogP) is 3.41. The van der Waals surface area contributed by atoms with Crippen LogP contribution in [0.5, 0.6) is 0 Å². The SMILES string of the molecule is Cc1ccccc1C(C)NC(=O)C1CCN(S(=O)(=O)c2ccc(F)cc2)CC1. The van der Waals surface area contributed by atoms with Crippen molar-refractivity contribution >= 4 is 15.9 Å². The zero-order chi connectivity index (χ0) is 20.3. The van der Waals surface area contributed by atoms with Gasteiger partial charge in [0.15, 0.2) is 0 Å². The van der Waals surface area contributed by atoms with Crippen molar-refractivity contribution in [2.75, 3.05) is 13.1 Å². The first-order chi connectivity index (χ1) is 13.3. The van der Waals surface area contributed by atoms with Crippen LogP contribution >= 0.6 is 0 Å². The van der Waals surface area contributed by atoms with Gasteiger partial charge in [0.25, 0.3) is 0 Å². The van der Waals surface area contributed by atoms with E-state index in [9.17, 15) is 17.6 Å². The number of carbonyl (C=O) groups excluding carboxylic acids is 1. The molecule has 1 fully saturated rings. The van der Waals surface area contributed by atoms with Gasteiger partial charge in [0, 0.05) is 19.0 Å². The second-order valence-electron chi connectivity index (χ2n) is 7.22. The lowest BCUT2D eigenvalue weighted by Gasteiger charge is -2.31. The summed E-state index contributed by atoms with van der Waals surface area (Å²) in [5.74, 6) is -0.738. The molecule has 1 aliphatic heterocycles. The third-order valence-corrected chi connectivity index (χ3v) is 7.20. The second-order valence-corrected chi connectivity index (χ2v) is 9.16. The average molecular weight is 405 g/mol. The maximum atomic E-state index is 13.1. The molecule has 0 aliphatic carbocycles. The van der Waals surface area contributed by atoms with Crippen LogP contribution in [0.1, 0.15) is 36.9 Å². The Labute approximate surface area is 165 Å². The molecule has 0 saturated carbocycles. The monoisotopic (exact) mass is 404 g/mol. The number of amides is 1. The number of benzene rings is 2. The van der Waals surface area contributed by atoms with Crippen molar-refractivity contribution in [2.45, 2.75) is 37.6 Å². The molecule has 1 unspecified atom stereocenters. The van der Waals surface area contributed by atoms with Gasteiger partial charge in [-0.2, -0.15) is 4.31 Å². The van der Waals surface area contributed by atoms with Crippen molar-refractivity contribution in [3.63, 3.8) is 0 Å². The molecule has 0 spiro atoms. The first-order valence-corrected chi connectivity index (χ1v) is 10.8. The molecule has 150 valence electrons. The number of sulfonamides is 1. The summed E-state index contributed by atoms with van der Waals surface area (Å²) in [6.07, 6.45) is 0.930. The summed E-state index contributed by atoms with van der Waals surface area (Å²) >= 11 is 0. The first kappa shape index (κ1) is 20.5. The minimum absolute atomic E-state index is 0.0467. The maximum Gasteiger partial charge on any atom is 0.243 e. The van der Waals surface area contributed by atoms with Gasteiger partial charge >= 0.3 is 0 Å². The molecule has 0 aromatic heterocycles. The molecule has 1 N–H and O–H groups in total. The van der Waals surface area contributed by atoms with Crippen LogP contribution in [0.25, 0.3) is 0 Å². The lowest BCUT2D eigenvalue weighted by atomic mass is 9.96. The van der Waals surface area contributed by atoms with Gasteiger partial charge in [-0.1, -0.05) is 24.3 Å². The standard InChI is InChI=1S/C21H25FN2O3S/c1-15-5-3-4-6-20(15)16(2)23-21(25)17-11-13-24(14-12-17)28(26,27)19-9-7-18(22)8-10-19/h3-10,16-17H,11-14H2,1-2H3,(H,23,25). The van der Waals surface area contributed by atoms with Crippen LogP contribution in [-0.2, 0) is 14.8 Å². The van der Waals surface area contributed by atoms with Gasteiger partial charge in [-0.3, -0.25) is 4.79 Å². The fraction of sp³-hybridized carbons (Fsp3) is 0.381. The van der Waals surface area contributed by atoms with Crippen LogP contribution in [0.3, 0.4) is 0 Å². The molecule has 1 atom stereocenters. The van der Waals surface area contributed by atoms with Crippen LogP contribution in [0, 0.1) is 18.7 Å². The molecular weight excluding hydrogens is 379 g/mol. The molecule has 28 heavy (non-hydrogen) atoms. The third-order valence-electron chi connectivity index (χ3n) is 5.29. The van der Waals surface area contributed by atoms with E-state index in [2.05, 4.69) is 5.32 Å². The van der Waals surface area contributed by atoms with Crippen molar-refractivity contribution in [3.8, 4) is 0 Å². The van der Waals surface area contributed by atoms with Gasteiger partial charge in [-0.05, 0) is 62.1 Å². The number of nitrogens with zero attached hydrogens (tertiary/aromatic N) is 1. The van der Waals surface area contributed by atoms with E-state index in [0.717, 1.165) is 23.3 Å². The minimum Gasteiger partial charge on any atom is -0.349 e. The summed E-state index contributed by atoms with van der Waals surface area (Å²) in [6.45, 7) is 4.51. The Kier molecular flexibility index (Phi) is 6.15. The molecule has 1 saturated heterocycles. The van der Waals surface area contributed by atoms with E-state index in [1.807, 2.05) is 38.1 Å². The number of hydrogen-bond acceptors (Lipinski definition) is 3. The summed E-state index contributed by atoms with van der Waals surface area (Å²) in [5.41, 5.74) is 2.20. The normalized spacial score (nSPS) is 17.2. The highest BCUT2D eigenvalue weighted by atomic mass is 32.2. The number of nitrogens with one attached hydrogen (secondary N) is 1. The minimum atomic E-state index is -3.66. The Bertz CT molecular complexity index is 936. The largest absolute Gasteiger partial charge is 0.349 e. The van der Waals surface area contributed by atoms with Crippen LogP contribution in [0.2, 0.25) is 0 Å². The van der Waals surface area contributed by atoms with E-state index in [1.165, 1.54) is 16.4 Å². The van der Waals surface area contributed by atoms with Gasteiger partial charge in [-0.15, -0.1) is 0 Å². The Hall–Kier alpha value is -2.25. The Morgan fingerprint density at radius 1 is 1.11 bits per heavy atom. The summed E-state index contributed by atoms with van der Waals surface area (Å²) in [6, 6.07) is 12.6. The van der Waals surface area contributed by atoms with Crippen LogP contribution in [0.15, 0.2) is 53.4 Å². The highest BCUT2D eigenvalue weighted by Gasteiger charge is 2.32. The topological polar surface area (TPSA) is 66.5 Å².